The van der Waals surface area contributed by atoms with E-state index in [0.29, 0.717) is 13.1 Å². The second kappa shape index (κ2) is 14.3. The van der Waals surface area contributed by atoms with Gasteiger partial charge in [0.2, 0.25) is 0 Å². The second-order valence-electron chi connectivity index (χ2n) is 10.0. The number of piperazine rings is 1. The number of rotatable bonds is 13. The molecule has 2 N–H and O–H groups in total. The molecule has 3 aromatic rings. The van der Waals surface area contributed by atoms with Crippen molar-refractivity contribution in [3.63, 3.8) is 0 Å². The lowest BCUT2D eigenvalue weighted by atomic mass is 9.87. The predicted octanol–water partition coefficient (Wildman–Crippen LogP) is 4.69. The molecule has 0 radical (unpaired) electrons. The van der Waals surface area contributed by atoms with Crippen molar-refractivity contribution in [2.75, 3.05) is 52.4 Å². The molecule has 4 rings (SSSR count). The SMILES string of the molecule is OC(CNCCc1ccccc1)CN1CCN(CCCC(c2ccc(F)cc2)c2ccc(F)cc2)CC1. The maximum absolute atomic E-state index is 13.5. The summed E-state index contributed by atoms with van der Waals surface area (Å²) in [5, 5.41) is 13.8. The number of β-amino-alcohol motifs (C(OH)–C–C–N with tert-alkyl or cyclic N) is 1. The van der Waals surface area contributed by atoms with Crippen LogP contribution in [-0.4, -0.2) is 73.4 Å². The average Bonchev–Trinajstić information content (AvgIpc) is 2.92. The summed E-state index contributed by atoms with van der Waals surface area (Å²) in [4.78, 5) is 4.83. The first-order valence-electron chi connectivity index (χ1n) is 13.4. The van der Waals surface area contributed by atoms with Crippen molar-refractivity contribution in [3.8, 4) is 0 Å². The van der Waals surface area contributed by atoms with Crippen molar-refractivity contribution in [3.05, 3.63) is 107 Å². The molecule has 6 heteroatoms. The number of aliphatic hydroxyl groups is 1. The molecule has 1 aliphatic rings. The molecule has 0 bridgehead atoms. The summed E-state index contributed by atoms with van der Waals surface area (Å²) in [6.45, 7) is 7.07. The molecule has 3 aromatic carbocycles. The highest BCUT2D eigenvalue weighted by Crippen LogP contribution is 2.30. The molecule has 1 heterocycles. The van der Waals surface area contributed by atoms with Crippen molar-refractivity contribution in [2.24, 2.45) is 0 Å². The van der Waals surface area contributed by atoms with E-state index in [1.54, 1.807) is 0 Å². The molecule has 4 nitrogen and oxygen atoms in total. The summed E-state index contributed by atoms with van der Waals surface area (Å²) in [5.41, 5.74) is 3.43. The Morgan fingerprint density at radius 1 is 0.757 bits per heavy atom. The minimum Gasteiger partial charge on any atom is -0.390 e. The number of nitrogens with zero attached hydrogens (tertiary/aromatic N) is 2. The van der Waals surface area contributed by atoms with Gasteiger partial charge in [0, 0.05) is 45.2 Å². The fraction of sp³-hybridized carbons (Fsp3) is 0.419. The van der Waals surface area contributed by atoms with E-state index in [2.05, 4.69) is 39.4 Å². The maximum Gasteiger partial charge on any atom is 0.123 e. The van der Waals surface area contributed by atoms with E-state index in [9.17, 15) is 13.9 Å². The van der Waals surface area contributed by atoms with Gasteiger partial charge in [0.15, 0.2) is 0 Å². The second-order valence-corrected chi connectivity index (χ2v) is 10.0. The quantitative estimate of drug-likeness (QED) is 0.330. The van der Waals surface area contributed by atoms with Gasteiger partial charge in [-0.25, -0.2) is 8.78 Å². The normalized spacial score (nSPS) is 15.8. The summed E-state index contributed by atoms with van der Waals surface area (Å²) in [5.74, 6) is -0.368. The largest absolute Gasteiger partial charge is 0.390 e. The fourth-order valence-corrected chi connectivity index (χ4v) is 5.14. The Bertz CT molecular complexity index is 993. The first-order valence-corrected chi connectivity index (χ1v) is 13.4. The van der Waals surface area contributed by atoms with E-state index in [-0.39, 0.29) is 23.7 Å². The van der Waals surface area contributed by atoms with Crippen LogP contribution in [0.5, 0.6) is 0 Å². The zero-order chi connectivity index (χ0) is 25.9. The Hall–Kier alpha value is -2.64. The van der Waals surface area contributed by atoms with Crippen LogP contribution in [0, 0.1) is 11.6 Å². The summed E-state index contributed by atoms with van der Waals surface area (Å²) in [6, 6.07) is 23.7. The molecule has 37 heavy (non-hydrogen) atoms. The van der Waals surface area contributed by atoms with E-state index < -0.39 is 0 Å². The molecule has 1 aliphatic heterocycles. The van der Waals surface area contributed by atoms with E-state index in [0.717, 1.165) is 69.7 Å². The van der Waals surface area contributed by atoms with Gasteiger partial charge in [-0.3, -0.25) is 4.90 Å². The minimum absolute atomic E-state index is 0.118. The Kier molecular flexibility index (Phi) is 10.6. The Balaban J connectivity index is 1.16. The van der Waals surface area contributed by atoms with E-state index >= 15 is 0 Å². The third-order valence-corrected chi connectivity index (χ3v) is 7.26. The zero-order valence-corrected chi connectivity index (χ0v) is 21.5. The molecule has 0 saturated carbocycles. The molecule has 1 saturated heterocycles. The number of benzene rings is 3. The zero-order valence-electron chi connectivity index (χ0n) is 21.5. The van der Waals surface area contributed by atoms with Gasteiger partial charge in [-0.05, 0) is 73.3 Å². The molecule has 0 amide bonds. The van der Waals surface area contributed by atoms with Gasteiger partial charge in [0.1, 0.15) is 11.6 Å². The van der Waals surface area contributed by atoms with Crippen LogP contribution in [0.4, 0.5) is 8.78 Å². The van der Waals surface area contributed by atoms with Crippen LogP contribution in [0.25, 0.3) is 0 Å². The summed E-state index contributed by atoms with van der Waals surface area (Å²) >= 11 is 0. The Morgan fingerprint density at radius 2 is 1.32 bits per heavy atom. The van der Waals surface area contributed by atoms with Crippen LogP contribution in [0.3, 0.4) is 0 Å². The molecule has 198 valence electrons. The van der Waals surface area contributed by atoms with Gasteiger partial charge >= 0.3 is 0 Å². The average molecular weight is 508 g/mol. The lowest BCUT2D eigenvalue weighted by Gasteiger charge is -2.36. The molecule has 0 spiro atoms. The van der Waals surface area contributed by atoms with E-state index in [1.807, 2.05) is 30.3 Å². The monoisotopic (exact) mass is 507 g/mol. The molecule has 1 atom stereocenters. The third-order valence-electron chi connectivity index (χ3n) is 7.26. The number of hydrogen-bond acceptors (Lipinski definition) is 4. The molecular weight excluding hydrogens is 468 g/mol. The van der Waals surface area contributed by atoms with Crippen LogP contribution >= 0.6 is 0 Å². The molecule has 1 unspecified atom stereocenters. The minimum atomic E-state index is -0.366. The van der Waals surface area contributed by atoms with Crippen LogP contribution < -0.4 is 5.32 Å². The third kappa shape index (κ3) is 9.00. The topological polar surface area (TPSA) is 38.7 Å². The Labute approximate surface area is 219 Å². The molecule has 0 aromatic heterocycles. The first kappa shape index (κ1) is 27.4. The molecule has 0 aliphatic carbocycles. The van der Waals surface area contributed by atoms with E-state index in [1.165, 1.54) is 29.8 Å². The van der Waals surface area contributed by atoms with Gasteiger partial charge < -0.3 is 15.3 Å². The highest BCUT2D eigenvalue weighted by atomic mass is 19.1. The Morgan fingerprint density at radius 3 is 1.92 bits per heavy atom. The number of hydrogen-bond donors (Lipinski definition) is 2. The first-order chi connectivity index (χ1) is 18.1. The van der Waals surface area contributed by atoms with Crippen LogP contribution in [0.15, 0.2) is 78.9 Å². The number of aliphatic hydroxyl groups excluding tert-OH is 1. The van der Waals surface area contributed by atoms with Gasteiger partial charge in [-0.15, -0.1) is 0 Å². The van der Waals surface area contributed by atoms with Crippen molar-refractivity contribution in [1.82, 2.24) is 15.1 Å². The van der Waals surface area contributed by atoms with Crippen LogP contribution in [0.2, 0.25) is 0 Å². The predicted molar refractivity (Wildman–Crippen MR) is 146 cm³/mol. The van der Waals surface area contributed by atoms with Gasteiger partial charge in [0.25, 0.3) is 0 Å². The lowest BCUT2D eigenvalue weighted by molar-refractivity contribution is 0.0720. The molecular formula is C31H39F2N3O. The fourth-order valence-electron chi connectivity index (χ4n) is 5.14. The van der Waals surface area contributed by atoms with Crippen molar-refractivity contribution in [1.29, 1.82) is 0 Å². The standard InChI is InChI=1S/C31H39F2N3O/c32-28-12-8-26(9-13-28)31(27-10-14-29(33)15-11-27)7-4-18-35-19-21-36(22-20-35)24-30(37)23-34-17-16-25-5-2-1-3-6-25/h1-3,5-6,8-15,30-31,34,37H,4,7,16-24H2. The summed E-state index contributed by atoms with van der Waals surface area (Å²) in [7, 11) is 0. The van der Waals surface area contributed by atoms with Crippen molar-refractivity contribution in [2.45, 2.75) is 31.3 Å². The van der Waals surface area contributed by atoms with Crippen molar-refractivity contribution >= 4 is 0 Å². The van der Waals surface area contributed by atoms with Gasteiger partial charge in [-0.1, -0.05) is 54.6 Å². The van der Waals surface area contributed by atoms with Gasteiger partial charge in [0.05, 0.1) is 6.10 Å². The van der Waals surface area contributed by atoms with Crippen LogP contribution in [0.1, 0.15) is 35.4 Å². The summed E-state index contributed by atoms with van der Waals surface area (Å²) in [6.07, 6.45) is 2.53. The van der Waals surface area contributed by atoms with E-state index in [4.69, 9.17) is 0 Å². The van der Waals surface area contributed by atoms with Crippen LogP contribution in [-0.2, 0) is 6.42 Å². The summed E-state index contributed by atoms with van der Waals surface area (Å²) < 4.78 is 26.9. The highest BCUT2D eigenvalue weighted by Gasteiger charge is 2.20. The maximum atomic E-state index is 13.5. The number of halogens is 2. The highest BCUT2D eigenvalue weighted by molar-refractivity contribution is 5.32. The van der Waals surface area contributed by atoms with Crippen molar-refractivity contribution < 1.29 is 13.9 Å². The van der Waals surface area contributed by atoms with Gasteiger partial charge in [-0.2, -0.15) is 0 Å². The smallest absolute Gasteiger partial charge is 0.123 e. The molecule has 1 fully saturated rings. The lowest BCUT2D eigenvalue weighted by Crippen LogP contribution is -2.49. The number of nitrogens with one attached hydrogen (secondary N) is 1.